The molecule has 0 amide bonds. The molecular formula is C32H33F2N7O. The third-order valence-electron chi connectivity index (χ3n) is 7.69. The van der Waals surface area contributed by atoms with Gasteiger partial charge in [0.05, 0.1) is 18.7 Å². The Hall–Kier alpha value is -4.44. The largest absolute Gasteiger partial charge is 0.494 e. The van der Waals surface area contributed by atoms with Gasteiger partial charge in [0.2, 0.25) is 0 Å². The second-order valence-electron chi connectivity index (χ2n) is 10.6. The Balaban J connectivity index is 1.43. The Labute approximate surface area is 243 Å². The van der Waals surface area contributed by atoms with E-state index in [2.05, 4.69) is 15.6 Å². The van der Waals surface area contributed by atoms with Crippen molar-refractivity contribution in [1.82, 2.24) is 30.0 Å². The topological polar surface area (TPSA) is 89.8 Å². The van der Waals surface area contributed by atoms with E-state index in [1.807, 2.05) is 56.6 Å². The van der Waals surface area contributed by atoms with E-state index in [0.717, 1.165) is 65.2 Å². The smallest absolute Gasteiger partial charge is 0.182 e. The normalized spacial score (nSPS) is 13.9. The SMILES string of the molecule is CCOc1cc(F)c(Cn2nc(-c3ncc(C4CCNCC4)c(Nc4cc(C)ncc4C)n3)c3ccccc32)c(F)c1. The standard InChI is InChI=1S/C32H33F2N7O/c1-4-42-22-14-26(33)25(27(34)15-22)18-41-29-8-6-5-7-23(29)30(40-41)32-37-17-24(21-9-11-35-12-10-21)31(39-32)38-28-13-20(3)36-16-19(28)2/h5-8,13-17,21,35H,4,9-12,18H2,1-3H3,(H,36,37,38,39). The summed E-state index contributed by atoms with van der Waals surface area (Å²) in [5, 5.41) is 12.6. The van der Waals surface area contributed by atoms with E-state index >= 15 is 0 Å². The number of halogens is 2. The number of piperidine rings is 1. The van der Waals surface area contributed by atoms with Crippen LogP contribution in [0, 0.1) is 25.5 Å². The molecule has 42 heavy (non-hydrogen) atoms. The molecule has 1 aliphatic heterocycles. The number of nitrogens with one attached hydrogen (secondary N) is 2. The van der Waals surface area contributed by atoms with Gasteiger partial charge < -0.3 is 15.4 Å². The summed E-state index contributed by atoms with van der Waals surface area (Å²) in [6, 6.07) is 12.0. The second-order valence-corrected chi connectivity index (χ2v) is 10.6. The first kappa shape index (κ1) is 27.7. The molecule has 0 aliphatic carbocycles. The lowest BCUT2D eigenvalue weighted by atomic mass is 9.91. The van der Waals surface area contributed by atoms with Crippen molar-refractivity contribution >= 4 is 22.4 Å². The van der Waals surface area contributed by atoms with Crippen molar-refractivity contribution in [1.29, 1.82) is 0 Å². The fraction of sp³-hybridized carbons (Fsp3) is 0.312. The van der Waals surface area contributed by atoms with Gasteiger partial charge in [-0.25, -0.2) is 18.7 Å². The average Bonchev–Trinajstić information content (AvgIpc) is 3.36. The van der Waals surface area contributed by atoms with Gasteiger partial charge in [-0.1, -0.05) is 18.2 Å². The highest BCUT2D eigenvalue weighted by Gasteiger charge is 2.23. The maximum absolute atomic E-state index is 15.0. The summed E-state index contributed by atoms with van der Waals surface area (Å²) in [6.45, 7) is 7.83. The van der Waals surface area contributed by atoms with E-state index in [-0.39, 0.29) is 17.9 Å². The van der Waals surface area contributed by atoms with Crippen molar-refractivity contribution in [3.63, 3.8) is 0 Å². The molecule has 2 N–H and O–H groups in total. The zero-order chi connectivity index (χ0) is 29.2. The van der Waals surface area contributed by atoms with Gasteiger partial charge >= 0.3 is 0 Å². The number of anilines is 2. The molecule has 216 valence electrons. The van der Waals surface area contributed by atoms with Gasteiger partial charge in [-0.2, -0.15) is 5.10 Å². The van der Waals surface area contributed by atoms with Crippen LogP contribution in [0.3, 0.4) is 0 Å². The van der Waals surface area contributed by atoms with Crippen LogP contribution in [0.5, 0.6) is 5.75 Å². The molecule has 0 bridgehead atoms. The summed E-state index contributed by atoms with van der Waals surface area (Å²) < 4.78 is 36.9. The van der Waals surface area contributed by atoms with Crippen molar-refractivity contribution in [3.8, 4) is 17.3 Å². The molecule has 0 radical (unpaired) electrons. The molecular weight excluding hydrogens is 536 g/mol. The van der Waals surface area contributed by atoms with E-state index < -0.39 is 11.6 Å². The van der Waals surface area contributed by atoms with Crippen LogP contribution in [0.4, 0.5) is 20.3 Å². The van der Waals surface area contributed by atoms with Gasteiger partial charge in [0, 0.05) is 52.4 Å². The van der Waals surface area contributed by atoms with Crippen LogP contribution in [0.2, 0.25) is 0 Å². The predicted octanol–water partition coefficient (Wildman–Crippen LogP) is 6.44. The number of aryl methyl sites for hydroxylation is 2. The number of para-hydroxylation sites is 1. The Morgan fingerprint density at radius 2 is 1.79 bits per heavy atom. The summed E-state index contributed by atoms with van der Waals surface area (Å²) in [5.74, 6) is 0.257. The molecule has 0 unspecified atom stereocenters. The Bertz CT molecular complexity index is 1720. The maximum Gasteiger partial charge on any atom is 0.182 e. The highest BCUT2D eigenvalue weighted by molar-refractivity contribution is 5.92. The molecule has 3 aromatic heterocycles. The molecule has 1 aliphatic rings. The summed E-state index contributed by atoms with van der Waals surface area (Å²) in [7, 11) is 0. The Kier molecular flexibility index (Phi) is 7.80. The quantitative estimate of drug-likeness (QED) is 0.222. The summed E-state index contributed by atoms with van der Waals surface area (Å²) in [6.07, 6.45) is 5.72. The zero-order valence-electron chi connectivity index (χ0n) is 23.9. The van der Waals surface area contributed by atoms with Gasteiger partial charge in [0.25, 0.3) is 0 Å². The minimum Gasteiger partial charge on any atom is -0.494 e. The number of fused-ring (bicyclic) bond motifs is 1. The van der Waals surface area contributed by atoms with Crippen molar-refractivity contribution in [2.75, 3.05) is 25.0 Å². The summed E-state index contributed by atoms with van der Waals surface area (Å²) in [4.78, 5) is 14.2. The first-order valence-electron chi connectivity index (χ1n) is 14.3. The molecule has 1 saturated heterocycles. The predicted molar refractivity (Wildman–Crippen MR) is 159 cm³/mol. The van der Waals surface area contributed by atoms with E-state index in [1.54, 1.807) is 11.6 Å². The lowest BCUT2D eigenvalue weighted by molar-refractivity contribution is 0.335. The highest BCUT2D eigenvalue weighted by Crippen LogP contribution is 2.35. The third-order valence-corrected chi connectivity index (χ3v) is 7.69. The summed E-state index contributed by atoms with van der Waals surface area (Å²) in [5.41, 5.74) is 5.06. The number of hydrogen-bond donors (Lipinski definition) is 2. The lowest BCUT2D eigenvalue weighted by Gasteiger charge is -2.25. The molecule has 6 rings (SSSR count). The second kappa shape index (κ2) is 11.8. The van der Waals surface area contributed by atoms with Crippen LogP contribution in [0.25, 0.3) is 22.4 Å². The first-order chi connectivity index (χ1) is 20.4. The first-order valence-corrected chi connectivity index (χ1v) is 14.3. The van der Waals surface area contributed by atoms with Crippen LogP contribution in [0.15, 0.2) is 54.9 Å². The van der Waals surface area contributed by atoms with Crippen LogP contribution in [0.1, 0.15) is 48.1 Å². The third kappa shape index (κ3) is 5.54. The van der Waals surface area contributed by atoms with E-state index in [9.17, 15) is 8.78 Å². The highest BCUT2D eigenvalue weighted by atomic mass is 19.1. The number of aromatic nitrogens is 5. The molecule has 0 spiro atoms. The van der Waals surface area contributed by atoms with Gasteiger partial charge in [-0.15, -0.1) is 0 Å². The number of nitrogens with zero attached hydrogens (tertiary/aromatic N) is 5. The molecule has 1 fully saturated rings. The number of rotatable bonds is 8. The molecule has 2 aromatic carbocycles. The fourth-order valence-corrected chi connectivity index (χ4v) is 5.47. The minimum atomic E-state index is -0.684. The minimum absolute atomic E-state index is 0.0914. The summed E-state index contributed by atoms with van der Waals surface area (Å²) >= 11 is 0. The van der Waals surface area contributed by atoms with Crippen LogP contribution >= 0.6 is 0 Å². The average molecular weight is 570 g/mol. The molecule has 0 saturated carbocycles. The van der Waals surface area contributed by atoms with E-state index in [4.69, 9.17) is 19.8 Å². The number of hydrogen-bond acceptors (Lipinski definition) is 7. The van der Waals surface area contributed by atoms with Gasteiger partial charge in [-0.05, 0) is 70.3 Å². The maximum atomic E-state index is 15.0. The van der Waals surface area contributed by atoms with Crippen LogP contribution in [-0.2, 0) is 6.54 Å². The molecule has 5 aromatic rings. The van der Waals surface area contributed by atoms with Crippen LogP contribution < -0.4 is 15.4 Å². The van der Waals surface area contributed by atoms with Crippen LogP contribution in [-0.4, -0.2) is 44.4 Å². The molecule has 8 nitrogen and oxygen atoms in total. The monoisotopic (exact) mass is 569 g/mol. The Morgan fingerprint density at radius 1 is 1.02 bits per heavy atom. The fourth-order valence-electron chi connectivity index (χ4n) is 5.47. The van der Waals surface area contributed by atoms with E-state index in [0.29, 0.717) is 24.0 Å². The van der Waals surface area contributed by atoms with Crippen molar-refractivity contribution in [2.24, 2.45) is 0 Å². The molecule has 0 atom stereocenters. The van der Waals surface area contributed by atoms with Crippen molar-refractivity contribution in [3.05, 3.63) is 88.9 Å². The van der Waals surface area contributed by atoms with Gasteiger partial charge in [-0.3, -0.25) is 9.67 Å². The van der Waals surface area contributed by atoms with Crippen molar-refractivity contribution < 1.29 is 13.5 Å². The zero-order valence-corrected chi connectivity index (χ0v) is 23.9. The number of benzene rings is 2. The number of pyridine rings is 1. The molecule has 4 heterocycles. The molecule has 10 heteroatoms. The Morgan fingerprint density at radius 3 is 2.55 bits per heavy atom. The van der Waals surface area contributed by atoms with Crippen molar-refractivity contribution in [2.45, 2.75) is 46.1 Å². The van der Waals surface area contributed by atoms with Gasteiger partial charge in [0.15, 0.2) is 5.82 Å². The van der Waals surface area contributed by atoms with E-state index in [1.165, 1.54) is 12.1 Å². The lowest BCUT2D eigenvalue weighted by Crippen LogP contribution is -2.27. The number of ether oxygens (including phenoxy) is 1. The van der Waals surface area contributed by atoms with Gasteiger partial charge in [0.1, 0.15) is 28.9 Å².